The minimum absolute atomic E-state index is 0.283. The smallest absolute Gasteiger partial charge is 0.123 e. The van der Waals surface area contributed by atoms with Gasteiger partial charge in [0.2, 0.25) is 0 Å². The molecule has 2 rings (SSSR count). The molecule has 0 saturated carbocycles. The van der Waals surface area contributed by atoms with Crippen LogP contribution in [-0.4, -0.2) is 56.6 Å². The summed E-state index contributed by atoms with van der Waals surface area (Å²) in [5.74, 6) is 3.41. The Bertz CT molecular complexity index is 798. The molecule has 5 nitrogen and oxygen atoms in total. The van der Waals surface area contributed by atoms with E-state index in [2.05, 4.69) is 32.6 Å². The van der Waals surface area contributed by atoms with Gasteiger partial charge in [0.05, 0.1) is 14.2 Å². The fraction of sp³-hybridized carbons (Fsp3) is 0.481. The number of aliphatic hydroxyl groups excluding tert-OH is 1. The van der Waals surface area contributed by atoms with Gasteiger partial charge in [0.15, 0.2) is 0 Å². The van der Waals surface area contributed by atoms with Crippen molar-refractivity contribution in [2.45, 2.75) is 33.8 Å². The number of ether oxygens (including phenoxy) is 3. The second-order valence-corrected chi connectivity index (χ2v) is 9.02. The van der Waals surface area contributed by atoms with E-state index in [9.17, 15) is 5.11 Å². The molecule has 0 saturated heterocycles. The van der Waals surface area contributed by atoms with Crippen LogP contribution in [0.1, 0.15) is 38.8 Å². The minimum Gasteiger partial charge on any atom is -0.497 e. The van der Waals surface area contributed by atoms with Crippen molar-refractivity contribution in [1.82, 2.24) is 4.90 Å². The van der Waals surface area contributed by atoms with Gasteiger partial charge in [0, 0.05) is 25.7 Å². The van der Waals surface area contributed by atoms with Crippen molar-refractivity contribution in [2.24, 2.45) is 11.8 Å². The monoisotopic (exact) mass is 441 g/mol. The molecule has 0 aromatic heterocycles. The van der Waals surface area contributed by atoms with Gasteiger partial charge in [-0.15, -0.1) is 0 Å². The Morgan fingerprint density at radius 1 is 0.750 bits per heavy atom. The van der Waals surface area contributed by atoms with Crippen LogP contribution in [0.5, 0.6) is 17.2 Å². The van der Waals surface area contributed by atoms with E-state index in [0.29, 0.717) is 18.4 Å². The summed E-state index contributed by atoms with van der Waals surface area (Å²) in [5.41, 5.74) is 2.05. The van der Waals surface area contributed by atoms with Gasteiger partial charge < -0.3 is 24.2 Å². The van der Waals surface area contributed by atoms with Gasteiger partial charge in [-0.3, -0.25) is 0 Å². The first-order chi connectivity index (χ1) is 15.3. The van der Waals surface area contributed by atoms with Crippen molar-refractivity contribution in [3.05, 3.63) is 53.6 Å². The highest BCUT2D eigenvalue weighted by Crippen LogP contribution is 2.24. The third-order valence-corrected chi connectivity index (χ3v) is 4.88. The predicted molar refractivity (Wildman–Crippen MR) is 133 cm³/mol. The molecule has 1 N–H and O–H groups in total. The maximum atomic E-state index is 10.5. The molecule has 0 aliphatic heterocycles. The molecule has 0 fully saturated rings. The summed E-state index contributed by atoms with van der Waals surface area (Å²) in [6.07, 6.45) is 3.53. The number of hydrogen-bond donors (Lipinski definition) is 1. The standard InChI is InChI=1S/C27H39NO4/c1-20(2)16-28(17-21(3)4)18-24(29)19-32-25-11-9-22(10-12-25)7-8-23-13-26(30-5)15-27(14-23)31-6/h7-15,20-21,24,29H,16-19H2,1-6H3/b8-7+. The van der Waals surface area contributed by atoms with Crippen molar-refractivity contribution in [3.8, 4) is 17.2 Å². The molecule has 0 bridgehead atoms. The van der Waals surface area contributed by atoms with Crippen molar-refractivity contribution in [3.63, 3.8) is 0 Å². The Labute approximate surface area is 193 Å². The summed E-state index contributed by atoms with van der Waals surface area (Å²) in [4.78, 5) is 2.32. The van der Waals surface area contributed by atoms with E-state index in [-0.39, 0.29) is 6.61 Å². The van der Waals surface area contributed by atoms with Crippen molar-refractivity contribution >= 4 is 12.2 Å². The lowest BCUT2D eigenvalue weighted by molar-refractivity contribution is 0.0601. The van der Waals surface area contributed by atoms with Gasteiger partial charge in [0.25, 0.3) is 0 Å². The molecule has 1 atom stereocenters. The highest BCUT2D eigenvalue weighted by atomic mass is 16.5. The van der Waals surface area contributed by atoms with Gasteiger partial charge in [-0.25, -0.2) is 0 Å². The van der Waals surface area contributed by atoms with Crippen LogP contribution in [0.15, 0.2) is 42.5 Å². The molecule has 5 heteroatoms. The lowest BCUT2D eigenvalue weighted by atomic mass is 10.1. The topological polar surface area (TPSA) is 51.2 Å². The molecule has 0 spiro atoms. The molecular formula is C27H39NO4. The van der Waals surface area contributed by atoms with Crippen LogP contribution in [0.2, 0.25) is 0 Å². The lowest BCUT2D eigenvalue weighted by Crippen LogP contribution is -2.39. The largest absolute Gasteiger partial charge is 0.497 e. The van der Waals surface area contributed by atoms with Gasteiger partial charge in [0.1, 0.15) is 30.0 Å². The Kier molecular flexibility index (Phi) is 10.6. The van der Waals surface area contributed by atoms with Crippen LogP contribution in [-0.2, 0) is 0 Å². The zero-order valence-corrected chi connectivity index (χ0v) is 20.4. The normalized spacial score (nSPS) is 12.7. The molecule has 2 aromatic carbocycles. The highest BCUT2D eigenvalue weighted by molar-refractivity contribution is 5.71. The number of methoxy groups -OCH3 is 2. The van der Waals surface area contributed by atoms with E-state index in [0.717, 1.165) is 41.5 Å². The van der Waals surface area contributed by atoms with Crippen molar-refractivity contribution in [1.29, 1.82) is 0 Å². The molecule has 2 aromatic rings. The van der Waals surface area contributed by atoms with Crippen molar-refractivity contribution in [2.75, 3.05) is 40.5 Å². The quantitative estimate of drug-likeness (QED) is 0.432. The fourth-order valence-electron chi connectivity index (χ4n) is 3.59. The van der Waals surface area contributed by atoms with E-state index in [1.54, 1.807) is 14.2 Å². The first-order valence-electron chi connectivity index (χ1n) is 11.3. The maximum absolute atomic E-state index is 10.5. The number of hydrogen-bond acceptors (Lipinski definition) is 5. The van der Waals surface area contributed by atoms with Gasteiger partial charge in [-0.2, -0.15) is 0 Å². The fourth-order valence-corrected chi connectivity index (χ4v) is 3.59. The van der Waals surface area contributed by atoms with Gasteiger partial charge >= 0.3 is 0 Å². The summed E-state index contributed by atoms with van der Waals surface area (Å²) < 4.78 is 16.5. The van der Waals surface area contributed by atoms with Crippen LogP contribution in [0.4, 0.5) is 0 Å². The van der Waals surface area contributed by atoms with Gasteiger partial charge in [-0.1, -0.05) is 52.0 Å². The van der Waals surface area contributed by atoms with Crippen LogP contribution in [0, 0.1) is 11.8 Å². The van der Waals surface area contributed by atoms with E-state index in [4.69, 9.17) is 14.2 Å². The first-order valence-corrected chi connectivity index (χ1v) is 11.3. The second-order valence-electron chi connectivity index (χ2n) is 9.02. The molecule has 0 aliphatic rings. The van der Waals surface area contributed by atoms with E-state index in [1.807, 2.05) is 54.6 Å². The summed E-state index contributed by atoms with van der Waals surface area (Å²) in [5, 5.41) is 10.5. The SMILES string of the molecule is COc1cc(/C=C/c2ccc(OCC(O)CN(CC(C)C)CC(C)C)cc2)cc(OC)c1. The molecule has 176 valence electrons. The average Bonchev–Trinajstić information content (AvgIpc) is 2.75. The highest BCUT2D eigenvalue weighted by Gasteiger charge is 2.15. The zero-order chi connectivity index (χ0) is 23.5. The number of rotatable bonds is 13. The Morgan fingerprint density at radius 2 is 1.28 bits per heavy atom. The first kappa shape index (κ1) is 25.8. The van der Waals surface area contributed by atoms with Crippen LogP contribution >= 0.6 is 0 Å². The van der Waals surface area contributed by atoms with Crippen LogP contribution in [0.3, 0.4) is 0 Å². The Balaban J connectivity index is 1.90. The summed E-state index contributed by atoms with van der Waals surface area (Å²) in [6.45, 7) is 11.7. The van der Waals surface area contributed by atoms with Crippen molar-refractivity contribution < 1.29 is 19.3 Å². The van der Waals surface area contributed by atoms with Crippen LogP contribution in [0.25, 0.3) is 12.2 Å². The number of aliphatic hydroxyl groups is 1. The predicted octanol–water partition coefficient (Wildman–Crippen LogP) is 5.23. The lowest BCUT2D eigenvalue weighted by Gasteiger charge is -2.28. The third kappa shape index (κ3) is 9.33. The molecule has 32 heavy (non-hydrogen) atoms. The van der Waals surface area contributed by atoms with Gasteiger partial charge in [-0.05, 0) is 47.2 Å². The molecule has 1 unspecified atom stereocenters. The number of benzene rings is 2. The van der Waals surface area contributed by atoms with E-state index in [1.165, 1.54) is 0 Å². The second kappa shape index (κ2) is 13.1. The summed E-state index contributed by atoms with van der Waals surface area (Å²) in [6, 6.07) is 13.6. The Morgan fingerprint density at radius 3 is 1.78 bits per heavy atom. The zero-order valence-electron chi connectivity index (χ0n) is 20.4. The molecule has 0 radical (unpaired) electrons. The van der Waals surface area contributed by atoms with E-state index >= 15 is 0 Å². The third-order valence-electron chi connectivity index (χ3n) is 4.88. The minimum atomic E-state index is -0.518. The molecule has 0 amide bonds. The van der Waals surface area contributed by atoms with Crippen LogP contribution < -0.4 is 14.2 Å². The number of nitrogens with zero attached hydrogens (tertiary/aromatic N) is 1. The maximum Gasteiger partial charge on any atom is 0.123 e. The average molecular weight is 442 g/mol. The summed E-state index contributed by atoms with van der Waals surface area (Å²) in [7, 11) is 3.29. The molecular weight excluding hydrogens is 402 g/mol. The molecule has 0 heterocycles. The Hall–Kier alpha value is -2.50. The molecule has 0 aliphatic carbocycles. The van der Waals surface area contributed by atoms with E-state index < -0.39 is 6.10 Å². The summed E-state index contributed by atoms with van der Waals surface area (Å²) >= 11 is 0.